The molecule has 2 heterocycles. The fourth-order valence-corrected chi connectivity index (χ4v) is 6.53. The van der Waals surface area contributed by atoms with Crippen molar-refractivity contribution in [3.05, 3.63) is 35.9 Å². The number of carbonyl (C=O) groups excluding carboxylic acids is 3. The monoisotopic (exact) mass is 592 g/mol. The molecule has 10 heteroatoms. The highest BCUT2D eigenvalue weighted by Crippen LogP contribution is 2.42. The Morgan fingerprint density at radius 2 is 1.68 bits per heavy atom. The van der Waals surface area contributed by atoms with Gasteiger partial charge in [0.15, 0.2) is 8.32 Å². The van der Waals surface area contributed by atoms with Gasteiger partial charge in [-0.1, -0.05) is 65.0 Å². The van der Waals surface area contributed by atoms with Crippen LogP contribution in [0.15, 0.2) is 30.3 Å². The number of alkyl halides is 1. The summed E-state index contributed by atoms with van der Waals surface area (Å²) in [5, 5.41) is -0.233. The van der Waals surface area contributed by atoms with E-state index in [1.54, 1.807) is 20.8 Å². The van der Waals surface area contributed by atoms with E-state index in [2.05, 4.69) is 33.9 Å². The van der Waals surface area contributed by atoms with E-state index in [1.807, 2.05) is 44.2 Å². The number of imide groups is 1. The fourth-order valence-electron chi connectivity index (χ4n) is 5.17. The lowest BCUT2D eigenvalue weighted by Crippen LogP contribution is -2.58. The third-order valence-electron chi connectivity index (χ3n) is 8.46. The molecule has 2 aliphatic heterocycles. The smallest absolute Gasteiger partial charge is 0.416 e. The van der Waals surface area contributed by atoms with Gasteiger partial charge in [0.1, 0.15) is 18.4 Å². The Morgan fingerprint density at radius 1 is 1.07 bits per heavy atom. The summed E-state index contributed by atoms with van der Waals surface area (Å²) in [6.45, 7) is 19.6. The molecule has 0 radical (unpaired) electrons. The predicted octanol–water partition coefficient (Wildman–Crippen LogP) is 6.59. The number of amides is 3. The molecule has 0 spiro atoms. The molecule has 3 amide bonds. The Kier molecular flexibility index (Phi) is 10.0. The number of carbonyl (C=O) groups is 3. The molecule has 0 N–H and O–H groups in total. The zero-order chi connectivity index (χ0) is 30.9. The number of cyclic esters (lactones) is 1. The lowest BCUT2D eigenvalue weighted by molar-refractivity contribution is -0.139. The van der Waals surface area contributed by atoms with Crippen molar-refractivity contribution in [3.63, 3.8) is 0 Å². The minimum absolute atomic E-state index is 0.00908. The summed E-state index contributed by atoms with van der Waals surface area (Å²) >= 11 is 0. The van der Waals surface area contributed by atoms with Gasteiger partial charge < -0.3 is 13.9 Å². The van der Waals surface area contributed by atoms with Gasteiger partial charge in [0.05, 0.1) is 30.7 Å². The lowest BCUT2D eigenvalue weighted by atomic mass is 9.87. The van der Waals surface area contributed by atoms with Crippen LogP contribution in [0.1, 0.15) is 67.4 Å². The van der Waals surface area contributed by atoms with E-state index in [4.69, 9.17) is 13.9 Å². The number of ether oxygens (including phenoxy) is 2. The molecule has 8 nitrogen and oxygen atoms in total. The van der Waals surface area contributed by atoms with Crippen LogP contribution < -0.4 is 0 Å². The first-order valence-corrected chi connectivity index (χ1v) is 17.6. The first kappa shape index (κ1) is 33.0. The molecule has 2 saturated heterocycles. The number of nitrogens with zero attached hydrogens (tertiary/aromatic N) is 2. The first-order valence-electron chi connectivity index (χ1n) is 14.7. The van der Waals surface area contributed by atoms with Gasteiger partial charge in [-0.3, -0.25) is 9.69 Å². The summed E-state index contributed by atoms with van der Waals surface area (Å²) in [5.41, 5.74) is 0.0939. The summed E-state index contributed by atoms with van der Waals surface area (Å²) in [5.74, 6) is -1.33. The maximum atomic E-state index is 15.2. The number of rotatable bonds is 8. The number of hydrogen-bond acceptors (Lipinski definition) is 6. The van der Waals surface area contributed by atoms with Gasteiger partial charge in [-0.05, 0) is 56.8 Å². The van der Waals surface area contributed by atoms with Crippen LogP contribution in [-0.4, -0.2) is 79.3 Å². The Labute approximate surface area is 246 Å². The molecule has 5 unspecified atom stereocenters. The average Bonchev–Trinajstić information content (AvgIpc) is 3.42. The summed E-state index contributed by atoms with van der Waals surface area (Å²) in [6.07, 6.45) is -3.24. The van der Waals surface area contributed by atoms with E-state index in [9.17, 15) is 14.4 Å². The molecule has 0 aromatic heterocycles. The summed E-state index contributed by atoms with van der Waals surface area (Å²) in [7, 11) is -2.58. The summed E-state index contributed by atoms with van der Waals surface area (Å²) in [4.78, 5) is 43.5. The van der Waals surface area contributed by atoms with Gasteiger partial charge in [-0.25, -0.2) is 18.9 Å². The van der Waals surface area contributed by atoms with Crippen LogP contribution in [0, 0.1) is 11.8 Å². The predicted molar refractivity (Wildman–Crippen MR) is 159 cm³/mol. The van der Waals surface area contributed by atoms with Crippen molar-refractivity contribution in [2.75, 3.05) is 13.2 Å². The maximum Gasteiger partial charge on any atom is 0.416 e. The van der Waals surface area contributed by atoms with Crippen molar-refractivity contribution in [2.24, 2.45) is 11.8 Å². The van der Waals surface area contributed by atoms with Crippen molar-refractivity contribution in [1.29, 1.82) is 0 Å². The molecule has 2 aliphatic rings. The fraction of sp³-hybridized carbons (Fsp3) is 0.710. The number of likely N-dealkylation sites (tertiary alicyclic amines) is 1. The van der Waals surface area contributed by atoms with E-state index in [0.29, 0.717) is 0 Å². The van der Waals surface area contributed by atoms with Crippen molar-refractivity contribution in [2.45, 2.75) is 116 Å². The van der Waals surface area contributed by atoms with E-state index in [1.165, 1.54) is 9.80 Å². The van der Waals surface area contributed by atoms with Crippen molar-refractivity contribution in [1.82, 2.24) is 9.80 Å². The molecule has 0 saturated carbocycles. The summed E-state index contributed by atoms with van der Waals surface area (Å²) in [6, 6.07) is 8.33. The van der Waals surface area contributed by atoms with Crippen LogP contribution in [0.5, 0.6) is 0 Å². The molecule has 41 heavy (non-hydrogen) atoms. The minimum atomic E-state index is -2.58. The molecule has 3 rings (SSSR count). The Morgan fingerprint density at radius 3 is 2.22 bits per heavy atom. The molecular formula is C31H49FN2O6Si. The van der Waals surface area contributed by atoms with E-state index in [0.717, 1.165) is 5.56 Å². The van der Waals surface area contributed by atoms with Crippen molar-refractivity contribution < 1.29 is 32.7 Å². The molecule has 2 fully saturated rings. The van der Waals surface area contributed by atoms with Crippen molar-refractivity contribution >= 4 is 26.4 Å². The largest absolute Gasteiger partial charge is 0.447 e. The lowest BCUT2D eigenvalue weighted by Gasteiger charge is -2.45. The second-order valence-electron chi connectivity index (χ2n) is 14.3. The normalized spacial score (nSPS) is 23.5. The highest BCUT2D eigenvalue weighted by molar-refractivity contribution is 6.74. The molecule has 1 aromatic rings. The van der Waals surface area contributed by atoms with Gasteiger partial charge in [-0.2, -0.15) is 0 Å². The van der Waals surface area contributed by atoms with Crippen molar-refractivity contribution in [3.8, 4) is 0 Å². The SMILES string of the molecule is CC(C)C1COC(=O)N1C(=O)C(Cc1ccccc1)C(O[Si](C)(C)C(C)(C)C)C1CC(F)CN1C(=O)OC(C)(C)C. The maximum absolute atomic E-state index is 15.2. The molecule has 0 aliphatic carbocycles. The quantitative estimate of drug-likeness (QED) is 0.317. The number of hydrogen-bond donors (Lipinski definition) is 0. The van der Waals surface area contributed by atoms with Crippen LogP contribution in [0.25, 0.3) is 0 Å². The van der Waals surface area contributed by atoms with Gasteiger partial charge in [0, 0.05) is 6.42 Å². The molecule has 0 bridgehead atoms. The van der Waals surface area contributed by atoms with Gasteiger partial charge >= 0.3 is 12.2 Å². The topological polar surface area (TPSA) is 85.4 Å². The van der Waals surface area contributed by atoms with Crippen LogP contribution in [-0.2, 0) is 25.1 Å². The third kappa shape index (κ3) is 7.88. The highest BCUT2D eigenvalue weighted by Gasteiger charge is 2.53. The molecule has 5 atom stereocenters. The third-order valence-corrected chi connectivity index (χ3v) is 12.9. The number of benzene rings is 1. The minimum Gasteiger partial charge on any atom is -0.447 e. The second-order valence-corrected chi connectivity index (χ2v) is 19.0. The van der Waals surface area contributed by atoms with Gasteiger partial charge in [0.25, 0.3) is 0 Å². The van der Waals surface area contributed by atoms with E-state index >= 15 is 4.39 Å². The van der Waals surface area contributed by atoms with E-state index < -0.39 is 62.3 Å². The van der Waals surface area contributed by atoms with Crippen LogP contribution >= 0.6 is 0 Å². The Hall–Kier alpha value is -2.46. The molecular weight excluding hydrogens is 543 g/mol. The second kappa shape index (κ2) is 12.4. The highest BCUT2D eigenvalue weighted by atomic mass is 28.4. The van der Waals surface area contributed by atoms with E-state index in [-0.39, 0.29) is 36.9 Å². The van der Waals surface area contributed by atoms with Crippen LogP contribution in [0.4, 0.5) is 14.0 Å². The molecule has 1 aromatic carbocycles. The average molecular weight is 593 g/mol. The zero-order valence-electron chi connectivity index (χ0n) is 26.4. The van der Waals surface area contributed by atoms with Gasteiger partial charge in [-0.15, -0.1) is 0 Å². The Balaban J connectivity index is 2.16. The van der Waals surface area contributed by atoms with Crippen LogP contribution in [0.2, 0.25) is 18.1 Å². The van der Waals surface area contributed by atoms with Crippen LogP contribution in [0.3, 0.4) is 0 Å². The summed E-state index contributed by atoms with van der Waals surface area (Å²) < 4.78 is 33.2. The zero-order valence-corrected chi connectivity index (χ0v) is 27.4. The molecule has 230 valence electrons. The standard InChI is InChI=1S/C31H49FN2O6Si/c1-20(2)25-19-38-29(37)34(25)27(35)23(16-21-14-12-11-13-15-21)26(40-41(9,10)31(6,7)8)24-17-22(32)18-33(24)28(36)39-30(3,4)5/h11-15,20,22-26H,16-19H2,1-10H3. The first-order chi connectivity index (χ1) is 18.8. The number of halogens is 1. The Bertz CT molecular complexity index is 1080. The van der Waals surface area contributed by atoms with Gasteiger partial charge in [0.2, 0.25) is 5.91 Å².